The fourth-order valence-corrected chi connectivity index (χ4v) is 1.69. The number of aliphatic hydroxyl groups is 1. The SMILES string of the molecule is CC(C)C(O)CNC(=O)/C=C/c1cc(Br)ccc1F. The third kappa shape index (κ3) is 5.53. The van der Waals surface area contributed by atoms with E-state index in [1.165, 1.54) is 18.2 Å². The molecule has 0 bridgehead atoms. The fraction of sp³-hybridized carbons (Fsp3) is 0.357. The molecule has 1 aromatic rings. The number of nitrogens with one attached hydrogen (secondary N) is 1. The summed E-state index contributed by atoms with van der Waals surface area (Å²) in [6.07, 6.45) is 2.06. The maximum Gasteiger partial charge on any atom is 0.244 e. The molecule has 0 saturated carbocycles. The molecule has 0 spiro atoms. The van der Waals surface area contributed by atoms with Crippen molar-refractivity contribution in [3.05, 3.63) is 40.1 Å². The first kappa shape index (κ1) is 15.9. The quantitative estimate of drug-likeness (QED) is 0.816. The van der Waals surface area contributed by atoms with Crippen molar-refractivity contribution < 1.29 is 14.3 Å². The van der Waals surface area contributed by atoms with Crippen LogP contribution >= 0.6 is 15.9 Å². The van der Waals surface area contributed by atoms with Crippen LogP contribution in [0.5, 0.6) is 0 Å². The van der Waals surface area contributed by atoms with Crippen LogP contribution in [0.1, 0.15) is 19.4 Å². The first-order valence-corrected chi connectivity index (χ1v) is 6.78. The summed E-state index contributed by atoms with van der Waals surface area (Å²) < 4.78 is 14.1. The van der Waals surface area contributed by atoms with Crippen molar-refractivity contribution >= 4 is 27.9 Å². The number of hydrogen-bond donors (Lipinski definition) is 2. The molecule has 0 saturated heterocycles. The van der Waals surface area contributed by atoms with Crippen LogP contribution in [0.25, 0.3) is 6.08 Å². The molecule has 1 atom stereocenters. The normalized spacial score (nSPS) is 12.9. The second kappa shape index (κ2) is 7.40. The molecule has 19 heavy (non-hydrogen) atoms. The fourth-order valence-electron chi connectivity index (χ4n) is 1.31. The molecule has 104 valence electrons. The van der Waals surface area contributed by atoms with Crippen LogP contribution in [0.15, 0.2) is 28.7 Å². The molecule has 1 rings (SSSR count). The predicted molar refractivity (Wildman–Crippen MR) is 77.0 cm³/mol. The summed E-state index contributed by atoms with van der Waals surface area (Å²) in [4.78, 5) is 11.5. The minimum absolute atomic E-state index is 0.0757. The van der Waals surface area contributed by atoms with Gasteiger partial charge < -0.3 is 10.4 Å². The first-order chi connectivity index (χ1) is 8.90. The molecule has 1 unspecified atom stereocenters. The van der Waals surface area contributed by atoms with Crippen molar-refractivity contribution in [1.82, 2.24) is 5.32 Å². The predicted octanol–water partition coefficient (Wildman–Crippen LogP) is 2.73. The number of carbonyl (C=O) groups is 1. The minimum atomic E-state index is -0.583. The standard InChI is InChI=1S/C14H17BrFNO2/c1-9(2)13(18)8-17-14(19)6-3-10-7-11(15)4-5-12(10)16/h3-7,9,13,18H,8H2,1-2H3,(H,17,19)/b6-3+. The van der Waals surface area contributed by atoms with E-state index in [0.29, 0.717) is 5.56 Å². The van der Waals surface area contributed by atoms with Crippen molar-refractivity contribution in [3.8, 4) is 0 Å². The van der Waals surface area contributed by atoms with Gasteiger partial charge in [0.05, 0.1) is 6.10 Å². The molecule has 5 heteroatoms. The number of halogens is 2. The molecular formula is C14H17BrFNO2. The Hall–Kier alpha value is -1.20. The molecule has 1 aromatic carbocycles. The Morgan fingerprint density at radius 3 is 2.84 bits per heavy atom. The van der Waals surface area contributed by atoms with Crippen molar-refractivity contribution in [2.75, 3.05) is 6.54 Å². The van der Waals surface area contributed by atoms with Gasteiger partial charge in [-0.3, -0.25) is 4.79 Å². The average Bonchev–Trinajstić information content (AvgIpc) is 2.36. The van der Waals surface area contributed by atoms with Gasteiger partial charge in [0.25, 0.3) is 0 Å². The van der Waals surface area contributed by atoms with E-state index in [-0.39, 0.29) is 18.4 Å². The lowest BCUT2D eigenvalue weighted by molar-refractivity contribution is -0.117. The number of aliphatic hydroxyl groups excluding tert-OH is 1. The first-order valence-electron chi connectivity index (χ1n) is 5.99. The maximum absolute atomic E-state index is 13.4. The summed E-state index contributed by atoms with van der Waals surface area (Å²) in [6.45, 7) is 3.91. The number of rotatable bonds is 5. The highest BCUT2D eigenvalue weighted by atomic mass is 79.9. The topological polar surface area (TPSA) is 49.3 Å². The number of hydrogen-bond acceptors (Lipinski definition) is 2. The van der Waals surface area contributed by atoms with Gasteiger partial charge in [0.15, 0.2) is 0 Å². The van der Waals surface area contributed by atoms with Crippen molar-refractivity contribution in [2.24, 2.45) is 5.92 Å². The van der Waals surface area contributed by atoms with Crippen LogP contribution in [0.2, 0.25) is 0 Å². The molecule has 0 aromatic heterocycles. The zero-order valence-electron chi connectivity index (χ0n) is 10.9. The van der Waals surface area contributed by atoms with Gasteiger partial charge in [0.2, 0.25) is 5.91 Å². The number of benzene rings is 1. The Morgan fingerprint density at radius 1 is 1.53 bits per heavy atom. The Bertz CT molecular complexity index is 475. The summed E-state index contributed by atoms with van der Waals surface area (Å²) >= 11 is 3.23. The maximum atomic E-state index is 13.4. The monoisotopic (exact) mass is 329 g/mol. The van der Waals surface area contributed by atoms with E-state index in [1.54, 1.807) is 12.1 Å². The van der Waals surface area contributed by atoms with Crippen molar-refractivity contribution in [2.45, 2.75) is 20.0 Å². The van der Waals surface area contributed by atoms with Gasteiger partial charge in [-0.05, 0) is 30.2 Å². The van der Waals surface area contributed by atoms with Crippen LogP contribution in [0.4, 0.5) is 4.39 Å². The van der Waals surface area contributed by atoms with E-state index in [4.69, 9.17) is 0 Å². The molecule has 0 radical (unpaired) electrons. The smallest absolute Gasteiger partial charge is 0.244 e. The highest BCUT2D eigenvalue weighted by molar-refractivity contribution is 9.10. The summed E-state index contributed by atoms with van der Waals surface area (Å²) in [7, 11) is 0. The minimum Gasteiger partial charge on any atom is -0.391 e. The Kier molecular flexibility index (Phi) is 6.18. The second-order valence-corrected chi connectivity index (χ2v) is 5.47. The molecule has 2 N–H and O–H groups in total. The average molecular weight is 330 g/mol. The van der Waals surface area contributed by atoms with Gasteiger partial charge in [0, 0.05) is 22.7 Å². The highest BCUT2D eigenvalue weighted by Gasteiger charge is 2.09. The summed E-state index contributed by atoms with van der Waals surface area (Å²) in [5.41, 5.74) is 0.328. The van der Waals surface area contributed by atoms with E-state index in [2.05, 4.69) is 21.2 Å². The number of carbonyl (C=O) groups excluding carboxylic acids is 1. The molecule has 0 aliphatic rings. The van der Waals surface area contributed by atoms with Crippen LogP contribution in [-0.2, 0) is 4.79 Å². The second-order valence-electron chi connectivity index (χ2n) is 4.56. The Balaban J connectivity index is 2.56. The van der Waals surface area contributed by atoms with E-state index < -0.39 is 11.9 Å². The van der Waals surface area contributed by atoms with E-state index in [0.717, 1.165) is 4.47 Å². The van der Waals surface area contributed by atoms with Crippen LogP contribution in [0, 0.1) is 11.7 Å². The molecule has 3 nitrogen and oxygen atoms in total. The van der Waals surface area contributed by atoms with Crippen molar-refractivity contribution in [1.29, 1.82) is 0 Å². The van der Waals surface area contributed by atoms with Crippen LogP contribution in [-0.4, -0.2) is 23.7 Å². The van der Waals surface area contributed by atoms with Gasteiger partial charge in [-0.25, -0.2) is 4.39 Å². The lowest BCUT2D eigenvalue weighted by Crippen LogP contribution is -2.33. The van der Waals surface area contributed by atoms with Gasteiger partial charge >= 0.3 is 0 Å². The van der Waals surface area contributed by atoms with Crippen molar-refractivity contribution in [3.63, 3.8) is 0 Å². The number of amides is 1. The lowest BCUT2D eigenvalue weighted by atomic mass is 10.1. The van der Waals surface area contributed by atoms with Crippen LogP contribution < -0.4 is 5.32 Å². The molecule has 0 aliphatic carbocycles. The van der Waals surface area contributed by atoms with E-state index >= 15 is 0 Å². The van der Waals surface area contributed by atoms with Gasteiger partial charge in [-0.1, -0.05) is 29.8 Å². The third-order valence-corrected chi connectivity index (χ3v) is 3.12. The van der Waals surface area contributed by atoms with E-state index in [9.17, 15) is 14.3 Å². The molecular weight excluding hydrogens is 313 g/mol. The molecule has 0 heterocycles. The zero-order valence-corrected chi connectivity index (χ0v) is 12.4. The highest BCUT2D eigenvalue weighted by Crippen LogP contribution is 2.16. The van der Waals surface area contributed by atoms with Gasteiger partial charge in [-0.15, -0.1) is 0 Å². The third-order valence-electron chi connectivity index (χ3n) is 2.63. The van der Waals surface area contributed by atoms with Gasteiger partial charge in [0.1, 0.15) is 5.82 Å². The summed E-state index contributed by atoms with van der Waals surface area (Å²) in [5.74, 6) is -0.680. The lowest BCUT2D eigenvalue weighted by Gasteiger charge is -2.14. The molecule has 0 aliphatic heterocycles. The van der Waals surface area contributed by atoms with E-state index in [1.807, 2.05) is 13.8 Å². The zero-order chi connectivity index (χ0) is 14.4. The Morgan fingerprint density at radius 2 is 2.21 bits per heavy atom. The summed E-state index contributed by atoms with van der Waals surface area (Å²) in [5, 5.41) is 12.1. The van der Waals surface area contributed by atoms with Gasteiger partial charge in [-0.2, -0.15) is 0 Å². The Labute approximate surface area is 120 Å². The van der Waals surface area contributed by atoms with Crippen LogP contribution in [0.3, 0.4) is 0 Å². The summed E-state index contributed by atoms with van der Waals surface area (Å²) in [6, 6.07) is 4.50. The molecule has 1 amide bonds. The molecule has 0 fully saturated rings. The largest absolute Gasteiger partial charge is 0.391 e.